The molecule has 0 unspecified atom stereocenters. The van der Waals surface area contributed by atoms with E-state index >= 15 is 0 Å². The predicted molar refractivity (Wildman–Crippen MR) is 308 cm³/mol. The van der Waals surface area contributed by atoms with Crippen LogP contribution in [0.3, 0.4) is 0 Å². The summed E-state index contributed by atoms with van der Waals surface area (Å²) >= 11 is 1.41. The van der Waals surface area contributed by atoms with Crippen molar-refractivity contribution >= 4 is 73.3 Å². The number of rotatable bonds is 29. The van der Waals surface area contributed by atoms with Gasteiger partial charge in [-0.05, 0) is 198 Å². The fourth-order valence-electron chi connectivity index (χ4n) is 9.75. The summed E-state index contributed by atoms with van der Waals surface area (Å²) in [6, 6.07) is 30.5. The molecule has 430 valence electrons. The van der Waals surface area contributed by atoms with Crippen LogP contribution in [0.5, 0.6) is 34.5 Å². The van der Waals surface area contributed by atoms with Crippen molar-refractivity contribution < 1.29 is 66.7 Å². The molecule has 1 heterocycles. The summed E-state index contributed by atoms with van der Waals surface area (Å²) in [5.74, 6) is -1.01. The lowest BCUT2D eigenvalue weighted by Crippen LogP contribution is -2.30. The molecular formula is C64H69N3O14S. The Hall–Kier alpha value is -8.25. The Morgan fingerprint density at radius 2 is 0.927 bits per heavy atom. The Bertz CT molecular complexity index is 3140. The number of esters is 6. The van der Waals surface area contributed by atoms with Crippen molar-refractivity contribution in [1.29, 1.82) is 0 Å². The standard InChI is InChI=1S/C64H69N3O14S/c1-3-58(68)76-37-13-7-5-11-35-74-50-27-31-52(32-28-50)78-60(70)43-17-19-45(20-18-43)62(72)80-54-26-25-47-41-56(49(39-48(47)40-54)42-65-67-64-66-55-15-9-10-16-57(55)82-64)81-63(73)46-23-21-44(22-24-46)61(71)79-53-33-29-51(30-34-53)75-36-12-6-8-14-38-77-59(69)4-2/h3-4,9-10,15-16,25-34,39-41,43-46H,1-2,5-8,11-14,17-24,35-38,42H2. The number of azo groups is 1. The van der Waals surface area contributed by atoms with E-state index in [1.807, 2.05) is 30.3 Å². The van der Waals surface area contributed by atoms with Crippen LogP contribution in [-0.4, -0.2) is 67.2 Å². The van der Waals surface area contributed by atoms with Crippen molar-refractivity contribution in [2.75, 3.05) is 26.4 Å². The van der Waals surface area contributed by atoms with Gasteiger partial charge in [-0.1, -0.05) is 42.7 Å². The van der Waals surface area contributed by atoms with E-state index in [9.17, 15) is 28.8 Å². The second kappa shape index (κ2) is 31.1. The molecule has 8 rings (SSSR count). The maximum atomic E-state index is 13.9. The molecular weight excluding hydrogens is 1070 g/mol. The van der Waals surface area contributed by atoms with E-state index in [1.165, 1.54) is 11.3 Å². The number of nitrogens with zero attached hydrogens (tertiary/aromatic N) is 3. The maximum Gasteiger partial charge on any atom is 0.330 e. The Morgan fingerprint density at radius 3 is 1.41 bits per heavy atom. The minimum atomic E-state index is -0.438. The summed E-state index contributed by atoms with van der Waals surface area (Å²) in [6.45, 7) is 8.65. The van der Waals surface area contributed by atoms with Crippen LogP contribution >= 0.6 is 11.3 Å². The third kappa shape index (κ3) is 18.4. The van der Waals surface area contributed by atoms with Gasteiger partial charge in [-0.3, -0.25) is 19.2 Å². The van der Waals surface area contributed by atoms with E-state index in [-0.39, 0.29) is 36.3 Å². The number of fused-ring (bicyclic) bond motifs is 2. The number of thiazole rings is 1. The lowest BCUT2D eigenvalue weighted by atomic mass is 9.82. The second-order valence-corrected chi connectivity index (χ2v) is 21.3. The molecule has 0 N–H and O–H groups in total. The fraction of sp³-hybridized carbons (Fsp3) is 0.391. The van der Waals surface area contributed by atoms with E-state index < -0.39 is 29.7 Å². The smallest absolute Gasteiger partial charge is 0.330 e. The van der Waals surface area contributed by atoms with Crippen molar-refractivity contribution in [1.82, 2.24) is 4.98 Å². The van der Waals surface area contributed by atoms with Crippen LogP contribution in [-0.2, 0) is 44.8 Å². The number of carbonyl (C=O) groups is 6. The predicted octanol–water partition coefficient (Wildman–Crippen LogP) is 13.7. The van der Waals surface area contributed by atoms with E-state index in [2.05, 4.69) is 28.4 Å². The first-order chi connectivity index (χ1) is 40.0. The van der Waals surface area contributed by atoms with E-state index in [1.54, 1.807) is 72.8 Å². The molecule has 0 amide bonds. The van der Waals surface area contributed by atoms with Gasteiger partial charge in [0, 0.05) is 17.7 Å². The quantitative estimate of drug-likeness (QED) is 0.0140. The van der Waals surface area contributed by atoms with Crippen LogP contribution < -0.4 is 28.4 Å². The third-order valence-electron chi connectivity index (χ3n) is 14.4. The minimum Gasteiger partial charge on any atom is -0.494 e. The van der Waals surface area contributed by atoms with Gasteiger partial charge in [0.2, 0.25) is 5.13 Å². The summed E-state index contributed by atoms with van der Waals surface area (Å²) < 4.78 is 46.2. The van der Waals surface area contributed by atoms with Gasteiger partial charge in [-0.2, -0.15) is 5.11 Å². The van der Waals surface area contributed by atoms with Crippen molar-refractivity contribution in [3.05, 3.63) is 134 Å². The molecule has 2 aliphatic rings. The molecule has 0 spiro atoms. The number of carbonyl (C=O) groups excluding carboxylic acids is 6. The largest absolute Gasteiger partial charge is 0.494 e. The van der Waals surface area contributed by atoms with Crippen LogP contribution in [0.25, 0.3) is 21.0 Å². The highest BCUT2D eigenvalue weighted by atomic mass is 32.1. The average molecular weight is 1140 g/mol. The molecule has 2 saturated carbocycles. The highest BCUT2D eigenvalue weighted by Gasteiger charge is 2.34. The molecule has 6 aromatic rings. The third-order valence-corrected chi connectivity index (χ3v) is 15.3. The first kappa shape index (κ1) is 59.9. The van der Waals surface area contributed by atoms with Crippen LogP contribution in [0.4, 0.5) is 5.13 Å². The first-order valence-corrected chi connectivity index (χ1v) is 29.0. The molecule has 18 heteroatoms. The molecule has 1 aromatic heterocycles. The Labute approximate surface area is 481 Å². The number of para-hydroxylation sites is 1. The van der Waals surface area contributed by atoms with Crippen molar-refractivity contribution in [2.45, 2.75) is 109 Å². The highest BCUT2D eigenvalue weighted by Crippen LogP contribution is 2.37. The Morgan fingerprint density at radius 1 is 0.488 bits per heavy atom. The van der Waals surface area contributed by atoms with E-state index in [0.717, 1.165) is 84.5 Å². The molecule has 0 aliphatic heterocycles. The van der Waals surface area contributed by atoms with Crippen LogP contribution in [0.15, 0.2) is 139 Å². The van der Waals surface area contributed by atoms with Gasteiger partial charge in [-0.15, -0.1) is 5.11 Å². The monoisotopic (exact) mass is 1140 g/mol. The average Bonchev–Trinajstić information content (AvgIpc) is 4.08. The molecule has 82 heavy (non-hydrogen) atoms. The number of aromatic nitrogens is 1. The van der Waals surface area contributed by atoms with Gasteiger partial charge < -0.3 is 37.9 Å². The lowest BCUT2D eigenvalue weighted by molar-refractivity contribution is -0.145. The normalized spacial score (nSPS) is 16.9. The molecule has 17 nitrogen and oxygen atoms in total. The van der Waals surface area contributed by atoms with Gasteiger partial charge in [0.1, 0.15) is 34.5 Å². The molecule has 0 radical (unpaired) electrons. The molecule has 2 fully saturated rings. The van der Waals surface area contributed by atoms with E-state index in [0.29, 0.717) is 123 Å². The summed E-state index contributed by atoms with van der Waals surface area (Å²) in [7, 11) is 0. The zero-order chi connectivity index (χ0) is 57.5. The fourth-order valence-corrected chi connectivity index (χ4v) is 10.5. The van der Waals surface area contributed by atoms with Crippen molar-refractivity contribution in [2.24, 2.45) is 33.9 Å². The zero-order valence-corrected chi connectivity index (χ0v) is 46.8. The topological polar surface area (TPSA) is 214 Å². The van der Waals surface area contributed by atoms with Crippen LogP contribution in [0.1, 0.15) is 108 Å². The molecule has 0 saturated heterocycles. The zero-order valence-electron chi connectivity index (χ0n) is 46.0. The molecule has 2 aliphatic carbocycles. The summed E-state index contributed by atoms with van der Waals surface area (Å²) in [5.41, 5.74) is 1.40. The summed E-state index contributed by atoms with van der Waals surface area (Å²) in [5, 5.41) is 10.8. The number of hydrogen-bond donors (Lipinski definition) is 0. The number of ether oxygens (including phenoxy) is 8. The SMILES string of the molecule is C=CC(=O)OCCCCCCOc1ccc(OC(=O)C2CCC(C(=O)Oc3ccc4cc(OC(=O)C5CCC(C(=O)Oc6ccc(OCCCCCCOC(=O)C=C)cc6)CC5)c(CN=Nc5nc6ccccc6s5)cc4c3)CC2)cc1. The summed E-state index contributed by atoms with van der Waals surface area (Å²) in [4.78, 5) is 80.7. The van der Waals surface area contributed by atoms with Crippen LogP contribution in [0.2, 0.25) is 0 Å². The minimum absolute atomic E-state index is 0.0643. The van der Waals surface area contributed by atoms with Gasteiger partial charge in [-0.25, -0.2) is 14.6 Å². The van der Waals surface area contributed by atoms with Crippen molar-refractivity contribution in [3.63, 3.8) is 0 Å². The van der Waals surface area contributed by atoms with Crippen molar-refractivity contribution in [3.8, 4) is 34.5 Å². The molecule has 5 aromatic carbocycles. The number of unbranched alkanes of at least 4 members (excludes halogenated alkanes) is 6. The van der Waals surface area contributed by atoms with Gasteiger partial charge >= 0.3 is 35.8 Å². The molecule has 0 bridgehead atoms. The Kier molecular flexibility index (Phi) is 22.7. The second-order valence-electron chi connectivity index (χ2n) is 20.3. The highest BCUT2D eigenvalue weighted by molar-refractivity contribution is 7.21. The lowest BCUT2D eigenvalue weighted by Gasteiger charge is -2.26. The number of hydrogen-bond acceptors (Lipinski definition) is 18. The van der Waals surface area contributed by atoms with Gasteiger partial charge in [0.25, 0.3) is 0 Å². The van der Waals surface area contributed by atoms with Gasteiger partial charge in [0.05, 0.1) is 66.9 Å². The van der Waals surface area contributed by atoms with Gasteiger partial charge in [0.15, 0.2) is 0 Å². The summed E-state index contributed by atoms with van der Waals surface area (Å²) in [6.07, 6.45) is 13.0. The maximum absolute atomic E-state index is 13.9. The van der Waals surface area contributed by atoms with E-state index in [4.69, 9.17) is 37.9 Å². The first-order valence-electron chi connectivity index (χ1n) is 28.2. The van der Waals surface area contributed by atoms with Crippen LogP contribution in [0, 0.1) is 23.7 Å². The number of benzene rings is 5. The molecule has 0 atom stereocenters. The Balaban J connectivity index is 0.801.